The third-order valence-electron chi connectivity index (χ3n) is 2.62. The highest BCUT2D eigenvalue weighted by molar-refractivity contribution is 9.10. The van der Waals surface area contributed by atoms with E-state index < -0.39 is 0 Å². The second-order valence-corrected chi connectivity index (χ2v) is 4.57. The normalized spacial score (nSPS) is 10.3. The lowest BCUT2D eigenvalue weighted by Crippen LogP contribution is -1.92. The van der Waals surface area contributed by atoms with Gasteiger partial charge < -0.3 is 4.57 Å². The Balaban J connectivity index is 2.77. The number of aryl methyl sites for hydroxylation is 1. The van der Waals surface area contributed by atoms with Gasteiger partial charge >= 0.3 is 0 Å². The molecule has 0 N–H and O–H groups in total. The molecule has 0 saturated heterocycles. The van der Waals surface area contributed by atoms with Crippen LogP contribution in [0, 0.1) is 18.3 Å². The molecule has 0 amide bonds. The molecule has 2 rings (SSSR count). The molecule has 0 atom stereocenters. The van der Waals surface area contributed by atoms with Crippen LogP contribution in [0.15, 0.2) is 35.5 Å². The van der Waals surface area contributed by atoms with Crippen LogP contribution in [-0.2, 0) is 6.54 Å². The molecule has 1 aromatic heterocycles. The highest BCUT2D eigenvalue weighted by Gasteiger charge is 2.08. The molecular formula is C13H11BrN2. The molecule has 0 spiro atoms. The van der Waals surface area contributed by atoms with Crippen LogP contribution < -0.4 is 0 Å². The van der Waals surface area contributed by atoms with Crippen LogP contribution in [0.3, 0.4) is 0 Å². The molecule has 80 valence electrons. The first-order valence-corrected chi connectivity index (χ1v) is 5.76. The molecule has 0 unspecified atom stereocenters. The van der Waals surface area contributed by atoms with Gasteiger partial charge in [0.2, 0.25) is 0 Å². The Hall–Kier alpha value is -1.53. The van der Waals surface area contributed by atoms with Crippen molar-refractivity contribution >= 4 is 26.8 Å². The van der Waals surface area contributed by atoms with E-state index in [1.807, 2.05) is 31.3 Å². The fraction of sp³-hybridized carbons (Fsp3) is 0.154. The Morgan fingerprint density at radius 3 is 2.94 bits per heavy atom. The molecule has 3 heteroatoms. The van der Waals surface area contributed by atoms with E-state index in [1.54, 1.807) is 0 Å². The van der Waals surface area contributed by atoms with Crippen molar-refractivity contribution in [2.24, 2.45) is 0 Å². The van der Waals surface area contributed by atoms with Crippen molar-refractivity contribution in [1.29, 1.82) is 5.26 Å². The van der Waals surface area contributed by atoms with Crippen LogP contribution in [-0.4, -0.2) is 4.57 Å². The first kappa shape index (κ1) is 11.0. The summed E-state index contributed by atoms with van der Waals surface area (Å²) in [6, 6.07) is 6.17. The zero-order valence-electron chi connectivity index (χ0n) is 9.00. The molecule has 1 heterocycles. The van der Waals surface area contributed by atoms with E-state index in [9.17, 15) is 0 Å². The number of rotatable bonds is 2. The van der Waals surface area contributed by atoms with Gasteiger partial charge in [-0.2, -0.15) is 5.26 Å². The molecule has 0 bridgehead atoms. The number of nitriles is 1. The Labute approximate surface area is 103 Å². The number of fused-ring (bicyclic) bond motifs is 1. The minimum Gasteiger partial charge on any atom is -0.342 e. The first-order valence-electron chi connectivity index (χ1n) is 4.97. The molecule has 16 heavy (non-hydrogen) atoms. The van der Waals surface area contributed by atoms with Crippen LogP contribution in [0.2, 0.25) is 0 Å². The highest BCUT2D eigenvalue weighted by Crippen LogP contribution is 2.28. The van der Waals surface area contributed by atoms with Gasteiger partial charge in [-0.1, -0.05) is 6.08 Å². The quantitative estimate of drug-likeness (QED) is 0.767. The van der Waals surface area contributed by atoms with E-state index >= 15 is 0 Å². The van der Waals surface area contributed by atoms with Crippen LogP contribution >= 0.6 is 15.9 Å². The molecule has 0 fully saturated rings. The van der Waals surface area contributed by atoms with Crippen molar-refractivity contribution in [2.45, 2.75) is 13.5 Å². The van der Waals surface area contributed by atoms with Crippen LogP contribution in [0.5, 0.6) is 0 Å². The summed E-state index contributed by atoms with van der Waals surface area (Å²) in [6.07, 6.45) is 3.88. The first-order chi connectivity index (χ1) is 7.67. The van der Waals surface area contributed by atoms with Crippen LogP contribution in [0.1, 0.15) is 11.1 Å². The molecular weight excluding hydrogens is 264 g/mol. The van der Waals surface area contributed by atoms with Gasteiger partial charge in [-0.15, -0.1) is 6.58 Å². The van der Waals surface area contributed by atoms with Crippen molar-refractivity contribution in [3.8, 4) is 6.07 Å². The summed E-state index contributed by atoms with van der Waals surface area (Å²) >= 11 is 3.51. The van der Waals surface area contributed by atoms with Gasteiger partial charge in [-0.3, -0.25) is 0 Å². The second-order valence-electron chi connectivity index (χ2n) is 3.71. The van der Waals surface area contributed by atoms with Gasteiger partial charge in [0.25, 0.3) is 0 Å². The third-order valence-corrected chi connectivity index (χ3v) is 3.26. The van der Waals surface area contributed by atoms with E-state index in [0.717, 1.165) is 33.0 Å². The highest BCUT2D eigenvalue weighted by atomic mass is 79.9. The molecule has 2 nitrogen and oxygen atoms in total. The van der Waals surface area contributed by atoms with Crippen molar-refractivity contribution in [2.75, 3.05) is 0 Å². The van der Waals surface area contributed by atoms with Gasteiger partial charge in [-0.05, 0) is 40.5 Å². The molecule has 1 aromatic carbocycles. The number of hydrogen-bond donors (Lipinski definition) is 0. The zero-order valence-corrected chi connectivity index (χ0v) is 10.6. The molecule has 2 aromatic rings. The summed E-state index contributed by atoms with van der Waals surface area (Å²) in [7, 11) is 0. The minimum atomic E-state index is 0.726. The monoisotopic (exact) mass is 274 g/mol. The van der Waals surface area contributed by atoms with Gasteiger partial charge in [0.05, 0.1) is 11.6 Å². The van der Waals surface area contributed by atoms with Crippen LogP contribution in [0.25, 0.3) is 10.9 Å². The fourth-order valence-corrected chi connectivity index (χ4v) is 2.37. The minimum absolute atomic E-state index is 0.726. The lowest BCUT2D eigenvalue weighted by Gasteiger charge is -2.03. The Bertz CT molecular complexity index is 602. The molecule has 0 aliphatic heterocycles. The predicted octanol–water partition coefficient (Wildman–Crippen LogP) is 3.77. The summed E-state index contributed by atoms with van der Waals surface area (Å²) in [5, 5.41) is 10.1. The largest absolute Gasteiger partial charge is 0.342 e. The van der Waals surface area contributed by atoms with Crippen molar-refractivity contribution in [3.63, 3.8) is 0 Å². The molecule has 0 aliphatic rings. The van der Waals surface area contributed by atoms with Crippen LogP contribution in [0.4, 0.5) is 0 Å². The summed E-state index contributed by atoms with van der Waals surface area (Å²) in [4.78, 5) is 0. The third kappa shape index (κ3) is 1.66. The van der Waals surface area contributed by atoms with Gasteiger partial charge in [0.15, 0.2) is 0 Å². The number of allylic oxidation sites excluding steroid dienone is 1. The number of halogens is 1. The SMILES string of the molecule is C=CCn1cc(Br)c2cc(C#N)c(C)cc21. The van der Waals surface area contributed by atoms with Gasteiger partial charge in [-0.25, -0.2) is 0 Å². The van der Waals surface area contributed by atoms with E-state index in [1.165, 1.54) is 0 Å². The second kappa shape index (κ2) is 4.15. The smallest absolute Gasteiger partial charge is 0.0994 e. The Kier molecular flexibility index (Phi) is 2.84. The number of aromatic nitrogens is 1. The number of nitrogens with zero attached hydrogens (tertiary/aromatic N) is 2. The summed E-state index contributed by atoms with van der Waals surface area (Å²) in [6.45, 7) is 6.47. The predicted molar refractivity (Wildman–Crippen MR) is 69.3 cm³/mol. The maximum atomic E-state index is 8.99. The van der Waals surface area contributed by atoms with Crippen molar-refractivity contribution in [3.05, 3.63) is 46.6 Å². The standard InChI is InChI=1S/C13H11BrN2/c1-3-4-16-8-12(14)11-6-10(7-15)9(2)5-13(11)16/h3,5-6,8H,1,4H2,2H3. The zero-order chi connectivity index (χ0) is 11.7. The average molecular weight is 275 g/mol. The topological polar surface area (TPSA) is 28.7 Å². The van der Waals surface area contributed by atoms with E-state index in [-0.39, 0.29) is 0 Å². The summed E-state index contributed by atoms with van der Waals surface area (Å²) in [5.41, 5.74) is 2.86. The lowest BCUT2D eigenvalue weighted by molar-refractivity contribution is 0.863. The van der Waals surface area contributed by atoms with Gasteiger partial charge in [0.1, 0.15) is 0 Å². The number of benzene rings is 1. The van der Waals surface area contributed by atoms with E-state index in [2.05, 4.69) is 33.1 Å². The maximum Gasteiger partial charge on any atom is 0.0994 e. The molecule has 0 radical (unpaired) electrons. The Morgan fingerprint density at radius 2 is 2.31 bits per heavy atom. The van der Waals surface area contributed by atoms with Crippen molar-refractivity contribution in [1.82, 2.24) is 4.57 Å². The maximum absolute atomic E-state index is 8.99. The summed E-state index contributed by atoms with van der Waals surface area (Å²) < 4.78 is 3.13. The van der Waals surface area contributed by atoms with E-state index in [0.29, 0.717) is 0 Å². The Morgan fingerprint density at radius 1 is 1.56 bits per heavy atom. The number of hydrogen-bond acceptors (Lipinski definition) is 1. The molecule has 0 saturated carbocycles. The van der Waals surface area contributed by atoms with E-state index in [4.69, 9.17) is 5.26 Å². The van der Waals surface area contributed by atoms with Gasteiger partial charge in [0, 0.05) is 28.1 Å². The average Bonchev–Trinajstić information content (AvgIpc) is 2.55. The molecule has 0 aliphatic carbocycles. The van der Waals surface area contributed by atoms with Crippen molar-refractivity contribution < 1.29 is 0 Å². The summed E-state index contributed by atoms with van der Waals surface area (Å²) in [5.74, 6) is 0. The lowest BCUT2D eigenvalue weighted by atomic mass is 10.1. The fourth-order valence-electron chi connectivity index (χ4n) is 1.81.